The zero-order chi connectivity index (χ0) is 27.0. The number of aromatic amines is 1. The number of benzene rings is 1. The summed E-state index contributed by atoms with van der Waals surface area (Å²) in [5.74, 6) is -1.88. The highest BCUT2D eigenvalue weighted by Gasteiger charge is 2.23. The molecule has 0 saturated heterocycles. The summed E-state index contributed by atoms with van der Waals surface area (Å²) >= 11 is 6.16. The standard InChI is InChI=1S/C25H16ClFN6O4S/c1-13-9-15(10-19(26)29-13)22-21(14-5-3-2-4-6-14)32-24-23(31-22)18(34)11-17(30-24)25(35)33-38(36,37)20-8-7-16(27)12-28-20/h2-12H,1H3,(H,33,35)(H,30,32,34). The van der Waals surface area contributed by atoms with Crippen LogP contribution in [0.3, 0.4) is 0 Å². The molecule has 0 radical (unpaired) electrons. The number of aromatic nitrogens is 5. The number of carbonyl (C=O) groups excluding carboxylic acids is 1. The summed E-state index contributed by atoms with van der Waals surface area (Å²) in [6, 6.07) is 15.1. The lowest BCUT2D eigenvalue weighted by molar-refractivity contribution is 0.0976. The van der Waals surface area contributed by atoms with Gasteiger partial charge in [0.1, 0.15) is 16.7 Å². The third-order valence-electron chi connectivity index (χ3n) is 5.35. The van der Waals surface area contributed by atoms with Gasteiger partial charge in [0, 0.05) is 22.9 Å². The largest absolute Gasteiger partial charge is 0.334 e. The van der Waals surface area contributed by atoms with Crippen LogP contribution >= 0.6 is 11.6 Å². The minimum atomic E-state index is -4.45. The summed E-state index contributed by atoms with van der Waals surface area (Å²) in [4.78, 5) is 45.2. The first kappa shape index (κ1) is 25.1. The van der Waals surface area contributed by atoms with Crippen LogP contribution in [0.25, 0.3) is 33.7 Å². The topological polar surface area (TPSA) is 148 Å². The Balaban J connectivity index is 1.63. The van der Waals surface area contributed by atoms with E-state index in [2.05, 4.69) is 24.9 Å². The van der Waals surface area contributed by atoms with E-state index in [0.717, 1.165) is 18.2 Å². The first-order valence-corrected chi connectivity index (χ1v) is 12.8. The maximum absolute atomic E-state index is 13.1. The number of carbonyl (C=O) groups is 1. The molecule has 1 aromatic carbocycles. The van der Waals surface area contributed by atoms with Crippen LogP contribution in [0.15, 0.2) is 76.7 Å². The first-order valence-electron chi connectivity index (χ1n) is 10.9. The normalized spacial score (nSPS) is 11.4. The summed E-state index contributed by atoms with van der Waals surface area (Å²) in [6.07, 6.45) is 0.701. The van der Waals surface area contributed by atoms with E-state index in [1.165, 1.54) is 0 Å². The smallest absolute Gasteiger partial charge is 0.281 e. The van der Waals surface area contributed by atoms with Gasteiger partial charge >= 0.3 is 0 Å². The number of hydrogen-bond donors (Lipinski definition) is 2. The zero-order valence-corrected chi connectivity index (χ0v) is 21.0. The van der Waals surface area contributed by atoms with Crippen molar-refractivity contribution in [1.29, 1.82) is 0 Å². The number of H-pyrrole nitrogens is 1. The molecule has 5 rings (SSSR count). The van der Waals surface area contributed by atoms with Crippen molar-refractivity contribution < 1.29 is 17.6 Å². The van der Waals surface area contributed by atoms with Crippen molar-refractivity contribution in [3.05, 3.63) is 99.4 Å². The molecule has 4 aromatic heterocycles. The van der Waals surface area contributed by atoms with Gasteiger partial charge in [0.2, 0.25) is 5.43 Å². The van der Waals surface area contributed by atoms with Crippen LogP contribution in [0.5, 0.6) is 0 Å². The Morgan fingerprint density at radius 3 is 2.39 bits per heavy atom. The molecule has 0 spiro atoms. The molecule has 2 N–H and O–H groups in total. The highest BCUT2D eigenvalue weighted by atomic mass is 35.5. The summed E-state index contributed by atoms with van der Waals surface area (Å²) in [6.45, 7) is 1.76. The van der Waals surface area contributed by atoms with Crippen LogP contribution < -0.4 is 10.2 Å². The van der Waals surface area contributed by atoms with Gasteiger partial charge in [-0.3, -0.25) is 9.59 Å². The Bertz CT molecular complexity index is 1860. The molecule has 10 nitrogen and oxygen atoms in total. The summed E-state index contributed by atoms with van der Waals surface area (Å²) < 4.78 is 40.0. The maximum atomic E-state index is 13.1. The summed E-state index contributed by atoms with van der Waals surface area (Å²) in [7, 11) is -4.45. The number of sulfonamides is 1. The van der Waals surface area contributed by atoms with E-state index in [4.69, 9.17) is 11.6 Å². The minimum Gasteiger partial charge on any atom is -0.334 e. The quantitative estimate of drug-likeness (QED) is 0.315. The zero-order valence-electron chi connectivity index (χ0n) is 19.4. The SMILES string of the molecule is Cc1cc(-c2nc3c(=O)cc(C(=O)NS(=O)(=O)c4ccc(F)cn4)[nH]c3nc2-c2ccccc2)cc(Cl)n1. The second kappa shape index (κ2) is 9.72. The Labute approximate surface area is 219 Å². The van der Waals surface area contributed by atoms with Crippen LogP contribution in [-0.4, -0.2) is 39.2 Å². The van der Waals surface area contributed by atoms with Crippen LogP contribution in [0, 0.1) is 12.7 Å². The van der Waals surface area contributed by atoms with Gasteiger partial charge in [-0.05, 0) is 31.2 Å². The fraction of sp³-hybridized carbons (Fsp3) is 0.0400. The van der Waals surface area contributed by atoms with E-state index in [0.29, 0.717) is 34.4 Å². The average Bonchev–Trinajstić information content (AvgIpc) is 2.88. The summed E-state index contributed by atoms with van der Waals surface area (Å²) in [5, 5.41) is -0.337. The van der Waals surface area contributed by atoms with Crippen LogP contribution in [0.1, 0.15) is 16.2 Å². The number of halogens is 2. The van der Waals surface area contributed by atoms with Crippen molar-refractivity contribution >= 4 is 38.7 Å². The molecular formula is C25H16ClFN6O4S. The van der Waals surface area contributed by atoms with Crippen molar-refractivity contribution in [2.45, 2.75) is 11.9 Å². The molecule has 0 atom stereocenters. The van der Waals surface area contributed by atoms with E-state index in [-0.39, 0.29) is 22.0 Å². The van der Waals surface area contributed by atoms with E-state index < -0.39 is 32.2 Å². The molecular weight excluding hydrogens is 535 g/mol. The average molecular weight is 551 g/mol. The number of aryl methyl sites for hydroxylation is 1. The van der Waals surface area contributed by atoms with E-state index in [9.17, 15) is 22.4 Å². The number of hydrogen-bond acceptors (Lipinski definition) is 8. The monoisotopic (exact) mass is 550 g/mol. The lowest BCUT2D eigenvalue weighted by Gasteiger charge is -2.12. The van der Waals surface area contributed by atoms with Gasteiger partial charge in [-0.1, -0.05) is 41.9 Å². The molecule has 1 amide bonds. The molecule has 0 aliphatic carbocycles. The van der Waals surface area contributed by atoms with Gasteiger partial charge in [0.05, 0.1) is 17.6 Å². The van der Waals surface area contributed by atoms with Gasteiger partial charge in [0.15, 0.2) is 16.2 Å². The lowest BCUT2D eigenvalue weighted by Crippen LogP contribution is -2.32. The molecule has 13 heteroatoms. The first-order chi connectivity index (χ1) is 18.1. The third-order valence-corrected chi connectivity index (χ3v) is 6.79. The van der Waals surface area contributed by atoms with Crippen LogP contribution in [0.4, 0.5) is 4.39 Å². The number of pyridine rings is 3. The van der Waals surface area contributed by atoms with Crippen molar-refractivity contribution in [2.75, 3.05) is 0 Å². The van der Waals surface area contributed by atoms with E-state index >= 15 is 0 Å². The van der Waals surface area contributed by atoms with Gasteiger partial charge in [-0.25, -0.2) is 29.0 Å². The fourth-order valence-electron chi connectivity index (χ4n) is 3.69. The predicted molar refractivity (Wildman–Crippen MR) is 137 cm³/mol. The van der Waals surface area contributed by atoms with Crippen molar-refractivity contribution in [3.8, 4) is 22.5 Å². The molecule has 0 aliphatic heterocycles. The second-order valence-corrected chi connectivity index (χ2v) is 10.1. The van der Waals surface area contributed by atoms with Gasteiger partial charge in [-0.15, -0.1) is 0 Å². The minimum absolute atomic E-state index is 0.0422. The van der Waals surface area contributed by atoms with Crippen molar-refractivity contribution in [2.24, 2.45) is 0 Å². The molecule has 0 unspecified atom stereocenters. The summed E-state index contributed by atoms with van der Waals surface area (Å²) in [5.41, 5.74) is 1.46. The number of fused-ring (bicyclic) bond motifs is 1. The van der Waals surface area contributed by atoms with Crippen molar-refractivity contribution in [3.63, 3.8) is 0 Å². The maximum Gasteiger partial charge on any atom is 0.281 e. The third kappa shape index (κ3) is 4.99. The molecule has 0 fully saturated rings. The molecule has 0 aliphatic rings. The number of rotatable bonds is 5. The molecule has 4 heterocycles. The van der Waals surface area contributed by atoms with Gasteiger partial charge < -0.3 is 4.98 Å². The van der Waals surface area contributed by atoms with E-state index in [1.54, 1.807) is 48.0 Å². The number of amides is 1. The Hall–Kier alpha value is -4.55. The molecule has 0 saturated carbocycles. The molecule has 0 bridgehead atoms. The number of nitrogens with zero attached hydrogens (tertiary/aromatic N) is 4. The lowest BCUT2D eigenvalue weighted by atomic mass is 10.0. The highest BCUT2D eigenvalue weighted by Crippen LogP contribution is 2.31. The van der Waals surface area contributed by atoms with Crippen molar-refractivity contribution in [1.82, 2.24) is 29.6 Å². The Kier molecular flexibility index (Phi) is 6.43. The van der Waals surface area contributed by atoms with Gasteiger partial charge in [-0.2, -0.15) is 8.42 Å². The number of nitrogens with one attached hydrogen (secondary N) is 2. The fourth-order valence-corrected chi connectivity index (χ4v) is 4.84. The van der Waals surface area contributed by atoms with Crippen LogP contribution in [-0.2, 0) is 10.0 Å². The molecule has 190 valence electrons. The molecule has 38 heavy (non-hydrogen) atoms. The Morgan fingerprint density at radius 1 is 0.974 bits per heavy atom. The Morgan fingerprint density at radius 2 is 1.71 bits per heavy atom. The predicted octanol–water partition coefficient (Wildman–Crippen LogP) is 3.66. The van der Waals surface area contributed by atoms with Gasteiger partial charge in [0.25, 0.3) is 15.9 Å². The van der Waals surface area contributed by atoms with E-state index in [1.807, 2.05) is 6.07 Å². The second-order valence-electron chi connectivity index (χ2n) is 8.10. The highest BCUT2D eigenvalue weighted by molar-refractivity contribution is 7.90. The van der Waals surface area contributed by atoms with Crippen LogP contribution in [0.2, 0.25) is 5.15 Å². The molecule has 5 aromatic rings.